The van der Waals surface area contributed by atoms with E-state index in [0.29, 0.717) is 18.2 Å². The molecule has 0 spiro atoms. The van der Waals surface area contributed by atoms with Gasteiger partial charge in [0.25, 0.3) is 0 Å². The van der Waals surface area contributed by atoms with Crippen LogP contribution in [0.1, 0.15) is 42.9 Å². The zero-order chi connectivity index (χ0) is 17.9. The van der Waals surface area contributed by atoms with Crippen molar-refractivity contribution in [3.8, 4) is 5.75 Å². The Morgan fingerprint density at radius 3 is 2.54 bits per heavy atom. The number of hydrogen-bond donors (Lipinski definition) is 2. The molecule has 0 aliphatic carbocycles. The number of carbonyl (C=O) groups excluding carboxylic acids is 2. The van der Waals surface area contributed by atoms with E-state index in [2.05, 4.69) is 10.3 Å². The molecule has 0 aliphatic rings. The Balaban J connectivity index is 2.05. The van der Waals surface area contributed by atoms with Gasteiger partial charge < -0.3 is 15.2 Å². The highest BCUT2D eigenvalue weighted by Crippen LogP contribution is 2.38. The van der Waals surface area contributed by atoms with Crippen molar-refractivity contribution < 1.29 is 19.4 Å². The van der Waals surface area contributed by atoms with Crippen LogP contribution in [0.15, 0.2) is 0 Å². The predicted molar refractivity (Wildman–Crippen MR) is 94.6 cm³/mol. The Bertz CT molecular complexity index is 738. The number of benzene rings is 1. The second-order valence-corrected chi connectivity index (χ2v) is 6.63. The molecule has 1 amide bonds. The monoisotopic (exact) mass is 350 g/mol. The maximum absolute atomic E-state index is 12.0. The highest BCUT2D eigenvalue weighted by atomic mass is 32.1. The molecular weight excluding hydrogens is 328 g/mol. The highest BCUT2D eigenvalue weighted by Gasteiger charge is 2.16. The summed E-state index contributed by atoms with van der Waals surface area (Å²) in [4.78, 5) is 27.7. The lowest BCUT2D eigenvalue weighted by molar-refractivity contribution is -0.143. The first-order valence-corrected chi connectivity index (χ1v) is 8.71. The zero-order valence-electron chi connectivity index (χ0n) is 14.4. The van der Waals surface area contributed by atoms with E-state index in [1.807, 2.05) is 20.8 Å². The number of phenolic OH excluding ortho intramolecular Hbond substituents is 1. The molecule has 1 aromatic carbocycles. The number of carbonyl (C=O) groups is 2. The molecule has 0 fully saturated rings. The summed E-state index contributed by atoms with van der Waals surface area (Å²) in [5, 5.41) is 13.4. The van der Waals surface area contributed by atoms with E-state index in [-0.39, 0.29) is 30.5 Å². The number of anilines is 1. The molecule has 2 N–H and O–H groups in total. The number of fused-ring (bicyclic) bond motifs is 1. The van der Waals surface area contributed by atoms with E-state index in [9.17, 15) is 14.7 Å². The first kappa shape index (κ1) is 18.2. The molecular formula is C17H22N2O4S. The van der Waals surface area contributed by atoms with Gasteiger partial charge in [-0.15, -0.1) is 0 Å². The molecule has 0 unspecified atom stereocenters. The van der Waals surface area contributed by atoms with E-state index in [1.54, 1.807) is 6.92 Å². The molecule has 0 saturated carbocycles. The summed E-state index contributed by atoms with van der Waals surface area (Å²) in [6.07, 6.45) is 0.900. The van der Waals surface area contributed by atoms with E-state index in [0.717, 1.165) is 26.9 Å². The van der Waals surface area contributed by atoms with Crippen LogP contribution >= 0.6 is 11.3 Å². The van der Waals surface area contributed by atoms with Crippen LogP contribution in [0.4, 0.5) is 5.13 Å². The Hall–Kier alpha value is -2.15. The number of rotatable bonds is 6. The zero-order valence-corrected chi connectivity index (χ0v) is 15.2. The van der Waals surface area contributed by atoms with Gasteiger partial charge in [-0.3, -0.25) is 9.59 Å². The first-order chi connectivity index (χ1) is 11.3. The minimum atomic E-state index is -0.289. The number of phenols is 1. The number of aromatic nitrogens is 1. The smallest absolute Gasteiger partial charge is 0.305 e. The maximum atomic E-state index is 12.0. The van der Waals surface area contributed by atoms with Gasteiger partial charge in [0.2, 0.25) is 5.91 Å². The fourth-order valence-corrected chi connectivity index (χ4v) is 3.47. The number of aromatic hydroxyl groups is 1. The summed E-state index contributed by atoms with van der Waals surface area (Å²) in [6, 6.07) is 0. The van der Waals surface area contributed by atoms with Crippen molar-refractivity contribution in [3.63, 3.8) is 0 Å². The van der Waals surface area contributed by atoms with Gasteiger partial charge in [0.15, 0.2) is 5.13 Å². The molecule has 24 heavy (non-hydrogen) atoms. The number of esters is 1. The van der Waals surface area contributed by atoms with Crippen molar-refractivity contribution in [3.05, 3.63) is 16.7 Å². The molecule has 6 nitrogen and oxygen atoms in total. The molecule has 2 rings (SSSR count). The SMILES string of the molecule is CCOC(=O)CCCC(=O)Nc1nc2c(C)c(C)c(O)c(C)c2s1. The third-order valence-electron chi connectivity index (χ3n) is 3.93. The molecule has 0 radical (unpaired) electrons. The van der Waals surface area contributed by atoms with Gasteiger partial charge in [0.05, 0.1) is 16.8 Å². The second kappa shape index (κ2) is 7.61. The Labute approximate surface area is 144 Å². The number of thiazole rings is 1. The number of nitrogens with zero attached hydrogens (tertiary/aromatic N) is 1. The van der Waals surface area contributed by atoms with Crippen molar-refractivity contribution in [1.82, 2.24) is 4.98 Å². The lowest BCUT2D eigenvalue weighted by atomic mass is 10.0. The minimum Gasteiger partial charge on any atom is -0.507 e. The van der Waals surface area contributed by atoms with Crippen LogP contribution in [0, 0.1) is 20.8 Å². The molecule has 130 valence electrons. The van der Waals surface area contributed by atoms with E-state index < -0.39 is 0 Å². The van der Waals surface area contributed by atoms with Crippen molar-refractivity contribution in [1.29, 1.82) is 0 Å². The van der Waals surface area contributed by atoms with Crippen LogP contribution in [0.5, 0.6) is 5.75 Å². The molecule has 1 heterocycles. The van der Waals surface area contributed by atoms with Gasteiger partial charge in [0, 0.05) is 18.4 Å². The highest BCUT2D eigenvalue weighted by molar-refractivity contribution is 7.22. The molecule has 1 aromatic heterocycles. The Kier molecular flexibility index (Phi) is 5.77. The minimum absolute atomic E-state index is 0.186. The molecule has 7 heteroatoms. The third-order valence-corrected chi connectivity index (χ3v) is 5.02. The summed E-state index contributed by atoms with van der Waals surface area (Å²) in [7, 11) is 0. The number of nitrogens with one attached hydrogen (secondary N) is 1. The van der Waals surface area contributed by atoms with Crippen LogP contribution < -0.4 is 5.32 Å². The largest absolute Gasteiger partial charge is 0.507 e. The van der Waals surface area contributed by atoms with Gasteiger partial charge in [-0.25, -0.2) is 4.98 Å². The van der Waals surface area contributed by atoms with E-state index in [1.165, 1.54) is 11.3 Å². The van der Waals surface area contributed by atoms with E-state index in [4.69, 9.17) is 4.74 Å². The predicted octanol–water partition coefficient (Wildman–Crippen LogP) is 3.60. The standard InChI is InChI=1S/C17H22N2O4S/c1-5-23-13(21)8-6-7-12(20)18-17-19-14-9(2)10(3)15(22)11(4)16(14)24-17/h22H,5-8H2,1-4H3,(H,18,19,20). The number of hydrogen-bond acceptors (Lipinski definition) is 6. The topological polar surface area (TPSA) is 88.5 Å². The fourth-order valence-electron chi connectivity index (χ4n) is 2.43. The van der Waals surface area contributed by atoms with Crippen LogP contribution in [0.25, 0.3) is 10.2 Å². The summed E-state index contributed by atoms with van der Waals surface area (Å²) in [5.41, 5.74) is 3.29. The average Bonchev–Trinajstić information content (AvgIpc) is 2.95. The molecule has 0 aliphatic heterocycles. The molecule has 0 atom stereocenters. The Morgan fingerprint density at radius 1 is 1.17 bits per heavy atom. The van der Waals surface area contributed by atoms with Crippen LogP contribution in [-0.2, 0) is 14.3 Å². The molecule has 0 bridgehead atoms. The van der Waals surface area contributed by atoms with Crippen molar-refractivity contribution in [2.45, 2.75) is 47.0 Å². The summed E-state index contributed by atoms with van der Waals surface area (Å²) < 4.78 is 5.70. The average molecular weight is 350 g/mol. The molecule has 2 aromatic rings. The van der Waals surface area contributed by atoms with E-state index >= 15 is 0 Å². The van der Waals surface area contributed by atoms with Crippen molar-refractivity contribution >= 4 is 38.6 Å². The Morgan fingerprint density at radius 2 is 1.88 bits per heavy atom. The van der Waals surface area contributed by atoms with Gasteiger partial charge >= 0.3 is 5.97 Å². The van der Waals surface area contributed by atoms with Crippen molar-refractivity contribution in [2.75, 3.05) is 11.9 Å². The van der Waals surface area contributed by atoms with Crippen LogP contribution in [-0.4, -0.2) is 28.6 Å². The lowest BCUT2D eigenvalue weighted by Crippen LogP contribution is -2.12. The van der Waals surface area contributed by atoms with Crippen LogP contribution in [0.2, 0.25) is 0 Å². The third kappa shape index (κ3) is 3.84. The maximum Gasteiger partial charge on any atom is 0.305 e. The first-order valence-electron chi connectivity index (χ1n) is 7.89. The number of amides is 1. The van der Waals surface area contributed by atoms with Crippen LogP contribution in [0.3, 0.4) is 0 Å². The van der Waals surface area contributed by atoms with Gasteiger partial charge in [-0.05, 0) is 45.2 Å². The fraction of sp³-hybridized carbons (Fsp3) is 0.471. The van der Waals surface area contributed by atoms with Gasteiger partial charge in [0.1, 0.15) is 5.75 Å². The number of ether oxygens (including phenoxy) is 1. The normalized spacial score (nSPS) is 10.8. The second-order valence-electron chi connectivity index (χ2n) is 5.63. The number of aryl methyl sites for hydroxylation is 2. The summed E-state index contributed by atoms with van der Waals surface area (Å²) in [6.45, 7) is 7.70. The molecule has 0 saturated heterocycles. The van der Waals surface area contributed by atoms with Gasteiger partial charge in [-0.2, -0.15) is 0 Å². The van der Waals surface area contributed by atoms with Gasteiger partial charge in [-0.1, -0.05) is 11.3 Å². The summed E-state index contributed by atoms with van der Waals surface area (Å²) in [5.74, 6) is -0.201. The lowest BCUT2D eigenvalue weighted by Gasteiger charge is -2.07. The quantitative estimate of drug-likeness (QED) is 0.777. The van der Waals surface area contributed by atoms with Crippen molar-refractivity contribution in [2.24, 2.45) is 0 Å². The summed E-state index contributed by atoms with van der Waals surface area (Å²) >= 11 is 1.34.